The van der Waals surface area contributed by atoms with Crippen LogP contribution in [0.25, 0.3) is 0 Å². The van der Waals surface area contributed by atoms with Crippen LogP contribution >= 0.6 is 0 Å². The lowest BCUT2D eigenvalue weighted by Gasteiger charge is -2.32. The molecule has 1 aromatic rings. The van der Waals surface area contributed by atoms with Gasteiger partial charge in [0.2, 0.25) is 11.8 Å². The molecule has 1 aromatic heterocycles. The van der Waals surface area contributed by atoms with Gasteiger partial charge in [-0.15, -0.1) is 0 Å². The molecule has 0 atom stereocenters. The number of nitrogens with two attached hydrogens (primary N) is 1. The topological polar surface area (TPSA) is 89.7 Å². The molecule has 0 saturated carbocycles. The number of hydrogen-bond donors (Lipinski definition) is 2. The second-order valence-electron chi connectivity index (χ2n) is 5.33. The predicted octanol–water partition coefficient (Wildman–Crippen LogP) is 0.603. The van der Waals surface area contributed by atoms with E-state index in [0.717, 1.165) is 5.69 Å². The van der Waals surface area contributed by atoms with Gasteiger partial charge in [0.05, 0.1) is 12.8 Å². The molecule has 0 bridgehead atoms. The lowest BCUT2D eigenvalue weighted by Crippen LogP contribution is -2.54. The Labute approximate surface area is 124 Å². The van der Waals surface area contributed by atoms with E-state index in [1.807, 2.05) is 25.1 Å². The van der Waals surface area contributed by atoms with Crippen LogP contribution in [0.15, 0.2) is 12.3 Å². The molecule has 2 rings (SSSR count). The minimum atomic E-state index is -0.914. The number of anilines is 2. The van der Waals surface area contributed by atoms with Crippen molar-refractivity contribution < 1.29 is 14.3 Å². The summed E-state index contributed by atoms with van der Waals surface area (Å²) in [6.07, 6.45) is 2.63. The first-order valence-electron chi connectivity index (χ1n) is 6.86. The van der Waals surface area contributed by atoms with Gasteiger partial charge in [-0.05, 0) is 18.9 Å². The maximum atomic E-state index is 12.5. The van der Waals surface area contributed by atoms with Crippen molar-refractivity contribution in [3.63, 3.8) is 0 Å². The standard InChI is InChI=1S/C14H22N4O3/c1-18(2)10-4-7-16-12(20-3)11(10)17-13(19)14(15)5-8-21-9-6-14/h4,7H,5-6,8-9,15H2,1-3H3,(H,17,19). The fourth-order valence-electron chi connectivity index (χ4n) is 2.28. The van der Waals surface area contributed by atoms with Gasteiger partial charge in [0.1, 0.15) is 11.2 Å². The molecule has 21 heavy (non-hydrogen) atoms. The third-order valence-corrected chi connectivity index (χ3v) is 3.65. The average molecular weight is 294 g/mol. The van der Waals surface area contributed by atoms with Crippen LogP contribution < -0.4 is 20.7 Å². The summed E-state index contributed by atoms with van der Waals surface area (Å²) in [5, 5.41) is 2.87. The molecule has 1 aliphatic rings. The molecule has 0 unspecified atom stereocenters. The van der Waals surface area contributed by atoms with Gasteiger partial charge in [0, 0.05) is 33.5 Å². The van der Waals surface area contributed by atoms with Gasteiger partial charge in [-0.3, -0.25) is 4.79 Å². The summed E-state index contributed by atoms with van der Waals surface area (Å²) in [5.41, 5.74) is 6.63. The van der Waals surface area contributed by atoms with E-state index >= 15 is 0 Å². The minimum absolute atomic E-state index is 0.236. The zero-order valence-electron chi connectivity index (χ0n) is 12.7. The third-order valence-electron chi connectivity index (χ3n) is 3.65. The molecular formula is C14H22N4O3. The molecule has 3 N–H and O–H groups in total. The van der Waals surface area contributed by atoms with Crippen molar-refractivity contribution >= 4 is 17.3 Å². The highest BCUT2D eigenvalue weighted by Gasteiger charge is 2.36. The highest BCUT2D eigenvalue weighted by Crippen LogP contribution is 2.33. The Bertz CT molecular complexity index is 513. The summed E-state index contributed by atoms with van der Waals surface area (Å²) in [5.74, 6) is 0.130. The van der Waals surface area contributed by atoms with Gasteiger partial charge in [-0.2, -0.15) is 0 Å². The van der Waals surface area contributed by atoms with Crippen LogP contribution in [0.3, 0.4) is 0 Å². The van der Waals surface area contributed by atoms with E-state index in [4.69, 9.17) is 15.2 Å². The fourth-order valence-corrected chi connectivity index (χ4v) is 2.28. The zero-order valence-corrected chi connectivity index (χ0v) is 12.7. The Balaban J connectivity index is 2.27. The quantitative estimate of drug-likeness (QED) is 0.845. The van der Waals surface area contributed by atoms with Crippen molar-refractivity contribution in [2.24, 2.45) is 5.73 Å². The lowest BCUT2D eigenvalue weighted by atomic mass is 9.90. The normalized spacial score (nSPS) is 17.1. The van der Waals surface area contributed by atoms with Crippen LogP contribution in [0, 0.1) is 0 Å². The fraction of sp³-hybridized carbons (Fsp3) is 0.571. The maximum absolute atomic E-state index is 12.5. The van der Waals surface area contributed by atoms with Gasteiger partial charge in [0.25, 0.3) is 0 Å². The van der Waals surface area contributed by atoms with Crippen molar-refractivity contribution in [2.45, 2.75) is 18.4 Å². The second kappa shape index (κ2) is 6.28. The van der Waals surface area contributed by atoms with Crippen molar-refractivity contribution in [3.8, 4) is 5.88 Å². The summed E-state index contributed by atoms with van der Waals surface area (Å²) < 4.78 is 10.5. The molecule has 1 fully saturated rings. The number of rotatable bonds is 4. The van der Waals surface area contributed by atoms with Crippen molar-refractivity contribution in [1.82, 2.24) is 4.98 Å². The molecule has 7 heteroatoms. The molecule has 0 spiro atoms. The van der Waals surface area contributed by atoms with E-state index < -0.39 is 5.54 Å². The van der Waals surface area contributed by atoms with E-state index in [0.29, 0.717) is 37.6 Å². The molecule has 2 heterocycles. The second-order valence-corrected chi connectivity index (χ2v) is 5.33. The van der Waals surface area contributed by atoms with E-state index in [9.17, 15) is 4.79 Å². The van der Waals surface area contributed by atoms with Crippen LogP contribution in [0.2, 0.25) is 0 Å². The van der Waals surface area contributed by atoms with E-state index in [2.05, 4.69) is 10.3 Å². The van der Waals surface area contributed by atoms with Gasteiger partial charge >= 0.3 is 0 Å². The number of methoxy groups -OCH3 is 1. The van der Waals surface area contributed by atoms with Crippen LogP contribution in [0.4, 0.5) is 11.4 Å². The van der Waals surface area contributed by atoms with E-state index in [1.54, 1.807) is 6.20 Å². The molecular weight excluding hydrogens is 272 g/mol. The Morgan fingerprint density at radius 3 is 2.71 bits per heavy atom. The predicted molar refractivity (Wildman–Crippen MR) is 80.7 cm³/mol. The molecule has 7 nitrogen and oxygen atoms in total. The van der Waals surface area contributed by atoms with Gasteiger partial charge in [-0.1, -0.05) is 0 Å². The first-order chi connectivity index (χ1) is 9.98. The smallest absolute Gasteiger partial charge is 0.244 e. The number of amides is 1. The molecule has 1 amide bonds. The monoisotopic (exact) mass is 294 g/mol. The van der Waals surface area contributed by atoms with Crippen LogP contribution in [-0.4, -0.2) is 50.8 Å². The largest absolute Gasteiger partial charge is 0.479 e. The summed E-state index contributed by atoms with van der Waals surface area (Å²) in [6, 6.07) is 1.81. The number of nitrogens with one attached hydrogen (secondary N) is 1. The SMILES string of the molecule is COc1nccc(N(C)C)c1NC(=O)C1(N)CCOCC1. The van der Waals surface area contributed by atoms with Crippen molar-refractivity contribution in [2.75, 3.05) is 44.6 Å². The molecule has 1 aliphatic heterocycles. The van der Waals surface area contributed by atoms with Gasteiger partial charge < -0.3 is 25.4 Å². The first kappa shape index (κ1) is 15.5. The summed E-state index contributed by atoms with van der Waals surface area (Å²) >= 11 is 0. The highest BCUT2D eigenvalue weighted by atomic mass is 16.5. The maximum Gasteiger partial charge on any atom is 0.244 e. The number of pyridine rings is 1. The number of hydrogen-bond acceptors (Lipinski definition) is 6. The minimum Gasteiger partial charge on any atom is -0.479 e. The number of carbonyl (C=O) groups excluding carboxylic acids is 1. The third kappa shape index (κ3) is 3.25. The Morgan fingerprint density at radius 1 is 1.48 bits per heavy atom. The molecule has 0 aromatic carbocycles. The number of aromatic nitrogens is 1. The summed E-state index contributed by atoms with van der Waals surface area (Å²) in [7, 11) is 5.29. The van der Waals surface area contributed by atoms with Crippen LogP contribution in [0.5, 0.6) is 5.88 Å². The molecule has 0 aliphatic carbocycles. The number of nitrogens with zero attached hydrogens (tertiary/aromatic N) is 2. The van der Waals surface area contributed by atoms with Crippen LogP contribution in [-0.2, 0) is 9.53 Å². The summed E-state index contributed by atoms with van der Waals surface area (Å²) in [6.45, 7) is 0.989. The Morgan fingerprint density at radius 2 is 2.14 bits per heavy atom. The molecule has 1 saturated heterocycles. The van der Waals surface area contributed by atoms with Crippen molar-refractivity contribution in [1.29, 1.82) is 0 Å². The molecule has 116 valence electrons. The van der Waals surface area contributed by atoms with Gasteiger partial charge in [0.15, 0.2) is 0 Å². The van der Waals surface area contributed by atoms with Gasteiger partial charge in [-0.25, -0.2) is 4.98 Å². The van der Waals surface area contributed by atoms with E-state index in [-0.39, 0.29) is 5.91 Å². The van der Waals surface area contributed by atoms with Crippen molar-refractivity contribution in [3.05, 3.63) is 12.3 Å². The average Bonchev–Trinajstić information content (AvgIpc) is 2.47. The highest BCUT2D eigenvalue weighted by molar-refractivity contribution is 6.01. The Hall–Kier alpha value is -1.86. The number of ether oxygens (including phenoxy) is 2. The zero-order chi connectivity index (χ0) is 15.5. The van der Waals surface area contributed by atoms with E-state index in [1.165, 1.54) is 7.11 Å². The van der Waals surface area contributed by atoms with Crippen LogP contribution in [0.1, 0.15) is 12.8 Å². The first-order valence-corrected chi connectivity index (χ1v) is 6.86. The summed E-state index contributed by atoms with van der Waals surface area (Å²) in [4.78, 5) is 18.6. The lowest BCUT2D eigenvalue weighted by molar-refractivity contribution is -0.124. The Kier molecular flexibility index (Phi) is 4.64. The number of carbonyl (C=O) groups is 1. The molecule has 0 radical (unpaired) electrons.